The highest BCUT2D eigenvalue weighted by atomic mass is 31.2. The van der Waals surface area contributed by atoms with Crippen LogP contribution >= 0.6 is 7.82 Å². The molecule has 3 atom stereocenters. The number of unbranched alkanes of at least 4 members (excludes halogenated alkanes) is 17. The Balaban J connectivity index is 3.97. The summed E-state index contributed by atoms with van der Waals surface area (Å²) >= 11 is 0. The second-order valence-corrected chi connectivity index (χ2v) is 14.7. The quantitative estimate of drug-likeness (QED) is 0.0302. The van der Waals surface area contributed by atoms with Crippen molar-refractivity contribution < 1.29 is 32.9 Å². The molecule has 0 saturated heterocycles. The highest BCUT2D eigenvalue weighted by Gasteiger charge is 2.27. The molecule has 0 aliphatic rings. The Bertz CT molecular complexity index is 784. The summed E-state index contributed by atoms with van der Waals surface area (Å²) in [7, 11) is 1.54. The molecule has 260 valence electrons. The summed E-state index contributed by atoms with van der Waals surface area (Å²) in [5, 5.41) is 13.2. The van der Waals surface area contributed by atoms with E-state index in [9.17, 15) is 19.4 Å². The summed E-state index contributed by atoms with van der Waals surface area (Å²) in [6.45, 7) is 4.23. The number of carbonyl (C=O) groups excluding carboxylic acids is 1. The molecule has 0 bridgehead atoms. The van der Waals surface area contributed by atoms with Crippen molar-refractivity contribution in [3.63, 3.8) is 0 Å². The van der Waals surface area contributed by atoms with Gasteiger partial charge in [0.15, 0.2) is 0 Å². The summed E-state index contributed by atoms with van der Waals surface area (Å²) in [5.41, 5.74) is 0. The molecule has 0 aromatic heterocycles. The number of nitrogens with one attached hydrogen (secondary N) is 1. The van der Waals surface area contributed by atoms with Crippen LogP contribution in [-0.2, 0) is 18.4 Å². The average Bonchev–Trinajstić information content (AvgIpc) is 2.96. The lowest BCUT2D eigenvalue weighted by molar-refractivity contribution is -0.870. The Morgan fingerprint density at radius 3 is 1.73 bits per heavy atom. The minimum Gasteiger partial charge on any atom is -0.387 e. The fourth-order valence-corrected chi connectivity index (χ4v) is 5.52. The van der Waals surface area contributed by atoms with Gasteiger partial charge in [0.2, 0.25) is 5.91 Å². The maximum Gasteiger partial charge on any atom is 0.472 e. The molecule has 3 unspecified atom stereocenters. The number of amides is 1. The van der Waals surface area contributed by atoms with Crippen LogP contribution in [0.3, 0.4) is 0 Å². The number of phosphoric ester groups is 1. The van der Waals surface area contributed by atoms with Gasteiger partial charge in [-0.2, -0.15) is 0 Å². The lowest BCUT2D eigenvalue weighted by atomic mass is 10.0. The Morgan fingerprint density at radius 1 is 0.750 bits per heavy atom. The molecule has 3 N–H and O–H groups in total. The third-order valence-corrected chi connectivity index (χ3v) is 8.72. The third kappa shape index (κ3) is 29.7. The fourth-order valence-electron chi connectivity index (χ4n) is 4.78. The van der Waals surface area contributed by atoms with Crippen LogP contribution in [0, 0.1) is 0 Å². The number of rotatable bonds is 31. The van der Waals surface area contributed by atoms with Crippen molar-refractivity contribution in [1.82, 2.24) is 5.32 Å². The van der Waals surface area contributed by atoms with E-state index in [1.54, 1.807) is 13.0 Å². The van der Waals surface area contributed by atoms with Gasteiger partial charge in [-0.05, 0) is 25.7 Å². The van der Waals surface area contributed by atoms with Gasteiger partial charge >= 0.3 is 7.82 Å². The Labute approximate surface area is 271 Å². The molecule has 8 nitrogen and oxygen atoms in total. The van der Waals surface area contributed by atoms with E-state index in [0.29, 0.717) is 11.0 Å². The summed E-state index contributed by atoms with van der Waals surface area (Å²) in [6, 6.07) is -0.855. The lowest BCUT2D eigenvalue weighted by Crippen LogP contribution is -2.45. The molecule has 0 fully saturated rings. The van der Waals surface area contributed by atoms with Gasteiger partial charge in [0.1, 0.15) is 13.2 Å². The predicted molar refractivity (Wildman–Crippen MR) is 185 cm³/mol. The second-order valence-electron chi connectivity index (χ2n) is 13.2. The van der Waals surface area contributed by atoms with Gasteiger partial charge in [-0.3, -0.25) is 13.8 Å². The van der Waals surface area contributed by atoms with E-state index >= 15 is 0 Å². The monoisotopic (exact) mass is 645 g/mol. The molecule has 0 heterocycles. The number of aliphatic hydroxyl groups is 1. The first-order valence-electron chi connectivity index (χ1n) is 17.7. The van der Waals surface area contributed by atoms with E-state index in [0.717, 1.165) is 19.3 Å². The van der Waals surface area contributed by atoms with Gasteiger partial charge in [-0.1, -0.05) is 134 Å². The maximum atomic E-state index is 12.2. The molecule has 0 aromatic rings. The molecular formula is C35H70N2O6P+. The number of hydrogen-bond donors (Lipinski definition) is 3. The number of hydrogen-bond acceptors (Lipinski definition) is 5. The van der Waals surface area contributed by atoms with Crippen molar-refractivity contribution in [3.05, 3.63) is 24.3 Å². The van der Waals surface area contributed by atoms with Crippen molar-refractivity contribution >= 4 is 13.7 Å². The molecule has 9 heteroatoms. The molecule has 0 spiro atoms. The van der Waals surface area contributed by atoms with Crippen molar-refractivity contribution in [3.8, 4) is 0 Å². The average molecular weight is 646 g/mol. The normalized spacial score (nSPS) is 15.2. The number of quaternary nitrogens is 1. The fraction of sp³-hybridized carbons (Fsp3) is 0.857. The van der Waals surface area contributed by atoms with E-state index in [2.05, 4.69) is 24.4 Å². The van der Waals surface area contributed by atoms with E-state index in [4.69, 9.17) is 9.05 Å². The van der Waals surface area contributed by atoms with Crippen molar-refractivity contribution in [1.29, 1.82) is 0 Å². The van der Waals surface area contributed by atoms with Crippen LogP contribution in [0.1, 0.15) is 142 Å². The minimum absolute atomic E-state index is 0.0543. The maximum absolute atomic E-state index is 12.2. The van der Waals surface area contributed by atoms with Crippen molar-refractivity contribution in [2.24, 2.45) is 0 Å². The zero-order valence-electron chi connectivity index (χ0n) is 29.1. The van der Waals surface area contributed by atoms with Gasteiger partial charge in [0, 0.05) is 6.42 Å². The first-order valence-corrected chi connectivity index (χ1v) is 19.2. The number of aliphatic hydroxyl groups excluding tert-OH is 1. The van der Waals surface area contributed by atoms with E-state index in [1.807, 2.05) is 27.2 Å². The molecular weight excluding hydrogens is 575 g/mol. The smallest absolute Gasteiger partial charge is 0.387 e. The van der Waals surface area contributed by atoms with Crippen LogP contribution in [0.2, 0.25) is 0 Å². The number of carbonyl (C=O) groups is 1. The summed E-state index contributed by atoms with van der Waals surface area (Å²) < 4.78 is 22.9. The van der Waals surface area contributed by atoms with Crippen LogP contribution in [0.4, 0.5) is 0 Å². The summed E-state index contributed by atoms with van der Waals surface area (Å²) in [6.07, 6.45) is 31.9. The van der Waals surface area contributed by atoms with Crippen molar-refractivity contribution in [2.75, 3.05) is 40.9 Å². The first kappa shape index (κ1) is 43.0. The molecule has 0 aliphatic carbocycles. The van der Waals surface area contributed by atoms with E-state index in [1.165, 1.54) is 103 Å². The number of phosphoric acid groups is 1. The lowest BCUT2D eigenvalue weighted by Gasteiger charge is -2.25. The van der Waals surface area contributed by atoms with Gasteiger partial charge in [-0.25, -0.2) is 4.57 Å². The topological polar surface area (TPSA) is 105 Å². The van der Waals surface area contributed by atoms with E-state index < -0.39 is 20.0 Å². The van der Waals surface area contributed by atoms with Crippen LogP contribution in [0.25, 0.3) is 0 Å². The first-order chi connectivity index (χ1) is 21.0. The molecule has 0 radical (unpaired) electrons. The van der Waals surface area contributed by atoms with Crippen LogP contribution in [-0.4, -0.2) is 73.4 Å². The number of likely N-dealkylation sites (N-methyl/N-ethyl adjacent to an activating group) is 1. The third-order valence-electron chi connectivity index (χ3n) is 7.74. The van der Waals surface area contributed by atoms with Crippen LogP contribution < -0.4 is 5.32 Å². The largest absolute Gasteiger partial charge is 0.472 e. The van der Waals surface area contributed by atoms with Crippen LogP contribution in [0.15, 0.2) is 24.3 Å². The standard InChI is InChI=1S/C35H69N2O6P/c1-6-8-9-10-11-12-13-14-15-16-17-18-19-20-21-22-23-24-25-26-27-28-29-34(38)33(36-35(39)7-2)32-43-44(40,41)42-31-30-37(3,4)5/h24-25,28-29,33-34,38H,6-23,26-27,30-32H2,1-5H3,(H-,36,39,40,41)/p+1/b25-24+,29-28+. The van der Waals surface area contributed by atoms with Crippen LogP contribution in [0.5, 0.6) is 0 Å². The van der Waals surface area contributed by atoms with Gasteiger partial charge in [-0.15, -0.1) is 0 Å². The minimum atomic E-state index is -4.30. The summed E-state index contributed by atoms with van der Waals surface area (Å²) in [4.78, 5) is 21.9. The number of nitrogens with zero attached hydrogens (tertiary/aromatic N) is 1. The Kier molecular flexibility index (Phi) is 27.6. The SMILES string of the molecule is CCCCCCCCCCCCCCCCCC/C=C/CC/C=C/C(O)C(COP(=O)(O)OCC[N+](C)(C)C)NC(=O)CC. The molecule has 44 heavy (non-hydrogen) atoms. The molecule has 0 aliphatic heterocycles. The van der Waals surface area contributed by atoms with Gasteiger partial charge in [0.05, 0.1) is 39.9 Å². The zero-order valence-corrected chi connectivity index (χ0v) is 30.0. The molecule has 0 rings (SSSR count). The predicted octanol–water partition coefficient (Wildman–Crippen LogP) is 8.63. The molecule has 1 amide bonds. The van der Waals surface area contributed by atoms with E-state index in [-0.39, 0.29) is 25.5 Å². The summed E-state index contributed by atoms with van der Waals surface area (Å²) in [5.74, 6) is -0.276. The molecule has 0 saturated carbocycles. The Hall–Kier alpha value is -1.02. The Morgan fingerprint density at radius 2 is 1.23 bits per heavy atom. The van der Waals surface area contributed by atoms with Gasteiger partial charge < -0.3 is 19.8 Å². The highest BCUT2D eigenvalue weighted by Crippen LogP contribution is 2.43. The molecule has 0 aromatic carbocycles. The second kappa shape index (κ2) is 28.2. The highest BCUT2D eigenvalue weighted by molar-refractivity contribution is 7.47. The van der Waals surface area contributed by atoms with Crippen molar-refractivity contribution in [2.45, 2.75) is 154 Å². The zero-order chi connectivity index (χ0) is 32.9. The van der Waals surface area contributed by atoms with Gasteiger partial charge in [0.25, 0.3) is 0 Å². The number of allylic oxidation sites excluding steroid dienone is 3.